The molecule has 2 aromatic rings. The van der Waals surface area contributed by atoms with Crippen molar-refractivity contribution in [3.8, 4) is 0 Å². The summed E-state index contributed by atoms with van der Waals surface area (Å²) in [6.45, 7) is 10.9. The first-order chi connectivity index (χ1) is 14.3. The monoisotopic (exact) mass is 431 g/mol. The Balaban J connectivity index is 2.85. The van der Waals surface area contributed by atoms with Crippen LogP contribution in [0.5, 0.6) is 0 Å². The van der Waals surface area contributed by atoms with E-state index in [2.05, 4.69) is 10.3 Å². The molecule has 0 spiro atoms. The van der Waals surface area contributed by atoms with E-state index in [0.29, 0.717) is 5.56 Å². The van der Waals surface area contributed by atoms with Gasteiger partial charge in [0.1, 0.15) is 11.1 Å². The van der Waals surface area contributed by atoms with Crippen molar-refractivity contribution in [2.24, 2.45) is 0 Å². The lowest BCUT2D eigenvalue weighted by Gasteiger charge is -2.34. The van der Waals surface area contributed by atoms with Gasteiger partial charge in [-0.25, -0.2) is 9.59 Å². The number of furan rings is 1. The van der Waals surface area contributed by atoms with Gasteiger partial charge in [0.25, 0.3) is 5.91 Å². The molecule has 0 aliphatic carbocycles. The van der Waals surface area contributed by atoms with Crippen molar-refractivity contribution in [1.29, 1.82) is 0 Å². The van der Waals surface area contributed by atoms with Crippen LogP contribution in [0.3, 0.4) is 0 Å². The second-order valence-electron chi connectivity index (χ2n) is 8.89. The maximum atomic E-state index is 13.4. The Morgan fingerprint density at radius 1 is 0.935 bits per heavy atom. The third kappa shape index (κ3) is 5.22. The van der Waals surface area contributed by atoms with Crippen molar-refractivity contribution in [2.45, 2.75) is 52.6 Å². The number of ether oxygens (including phenoxy) is 2. The van der Waals surface area contributed by atoms with Crippen LogP contribution in [0.2, 0.25) is 0 Å². The van der Waals surface area contributed by atoms with Gasteiger partial charge in [0, 0.05) is 29.0 Å². The number of carbonyl (C=O) groups excluding carboxylic acids is 3. The zero-order chi connectivity index (χ0) is 23.6. The lowest BCUT2D eigenvalue weighted by Crippen LogP contribution is -2.46. The zero-order valence-electron chi connectivity index (χ0n) is 19.2. The maximum Gasteiger partial charge on any atom is 0.344 e. The predicted octanol–water partition coefficient (Wildman–Crippen LogP) is 3.90. The molecule has 2 rings (SSSR count). The zero-order valence-corrected chi connectivity index (χ0v) is 19.2. The van der Waals surface area contributed by atoms with E-state index < -0.39 is 28.9 Å². The molecule has 9 heteroatoms. The van der Waals surface area contributed by atoms with E-state index in [-0.39, 0.29) is 22.9 Å². The van der Waals surface area contributed by atoms with E-state index in [1.54, 1.807) is 32.9 Å². The molecule has 9 nitrogen and oxygen atoms in total. The molecule has 31 heavy (non-hydrogen) atoms. The minimum atomic E-state index is -0.835. The Hall–Kier alpha value is -3.36. The lowest BCUT2D eigenvalue weighted by atomic mass is 10.0. The van der Waals surface area contributed by atoms with Gasteiger partial charge in [-0.3, -0.25) is 14.7 Å². The smallest absolute Gasteiger partial charge is 0.344 e. The molecule has 1 amide bonds. The lowest BCUT2D eigenvalue weighted by molar-refractivity contribution is 0.0557. The number of carbonyl (C=O) groups is 3. The Labute approximate surface area is 181 Å². The van der Waals surface area contributed by atoms with Gasteiger partial charge in [-0.2, -0.15) is 0 Å². The summed E-state index contributed by atoms with van der Waals surface area (Å²) in [6, 6.07) is 3.11. The van der Waals surface area contributed by atoms with Crippen LogP contribution in [0.15, 0.2) is 28.9 Å². The van der Waals surface area contributed by atoms with Gasteiger partial charge in [-0.05, 0) is 53.7 Å². The number of amides is 1. The first-order valence-electron chi connectivity index (χ1n) is 9.68. The minimum absolute atomic E-state index is 0.00604. The molecular formula is C22H29N3O6. The number of nitrogens with zero attached hydrogens (tertiary/aromatic N) is 2. The summed E-state index contributed by atoms with van der Waals surface area (Å²) >= 11 is 0. The minimum Gasteiger partial charge on any atom is -0.465 e. The third-order valence-electron chi connectivity index (χ3n) is 4.16. The topological polar surface area (TPSA) is 111 Å². The molecule has 2 aromatic heterocycles. The van der Waals surface area contributed by atoms with Crippen LogP contribution in [-0.2, 0) is 9.47 Å². The standard InChI is InChI=1S/C22H29N3O6/c1-21(2,3)24-16-14(19(27)29-7)15(20(28)30-8)18(31-16)25(22(4,5)6)17(26)13-9-11-23-12-10-13/h9-12,24H,1-8H3. The summed E-state index contributed by atoms with van der Waals surface area (Å²) in [5, 5.41) is 3.07. The van der Waals surface area contributed by atoms with Crippen molar-refractivity contribution in [1.82, 2.24) is 4.98 Å². The van der Waals surface area contributed by atoms with E-state index in [0.717, 1.165) is 0 Å². The van der Waals surface area contributed by atoms with Crippen LogP contribution in [0.4, 0.5) is 11.8 Å². The Kier molecular flexibility index (Phi) is 6.78. The average Bonchev–Trinajstić information content (AvgIpc) is 3.02. The van der Waals surface area contributed by atoms with Crippen LogP contribution < -0.4 is 10.2 Å². The number of rotatable bonds is 5. The van der Waals surface area contributed by atoms with Crippen LogP contribution in [-0.4, -0.2) is 48.1 Å². The van der Waals surface area contributed by atoms with Crippen molar-refractivity contribution in [2.75, 3.05) is 24.4 Å². The van der Waals surface area contributed by atoms with Crippen molar-refractivity contribution in [3.63, 3.8) is 0 Å². The van der Waals surface area contributed by atoms with Crippen molar-refractivity contribution < 1.29 is 28.3 Å². The van der Waals surface area contributed by atoms with Crippen LogP contribution in [0.1, 0.15) is 72.6 Å². The molecule has 0 aromatic carbocycles. The second-order valence-corrected chi connectivity index (χ2v) is 8.89. The summed E-state index contributed by atoms with van der Waals surface area (Å²) < 4.78 is 15.8. The fourth-order valence-electron chi connectivity index (χ4n) is 2.92. The summed E-state index contributed by atoms with van der Waals surface area (Å²) in [7, 11) is 2.38. The van der Waals surface area contributed by atoms with Gasteiger partial charge < -0.3 is 19.2 Å². The quantitative estimate of drug-likeness (QED) is 0.710. The third-order valence-corrected chi connectivity index (χ3v) is 4.16. The SMILES string of the molecule is COC(=O)c1c(NC(C)(C)C)oc(N(C(=O)c2ccncc2)C(C)(C)C)c1C(=O)OC. The summed E-state index contributed by atoms with van der Waals surface area (Å²) in [6.07, 6.45) is 2.98. The number of methoxy groups -OCH3 is 2. The first kappa shape index (κ1) is 23.9. The number of esters is 2. The van der Waals surface area contributed by atoms with Gasteiger partial charge in [-0.1, -0.05) is 0 Å². The summed E-state index contributed by atoms with van der Waals surface area (Å²) in [4.78, 5) is 44.1. The largest absolute Gasteiger partial charge is 0.465 e. The van der Waals surface area contributed by atoms with Gasteiger partial charge in [-0.15, -0.1) is 0 Å². The Morgan fingerprint density at radius 3 is 1.90 bits per heavy atom. The fourth-order valence-corrected chi connectivity index (χ4v) is 2.92. The molecule has 168 valence electrons. The number of nitrogens with one attached hydrogen (secondary N) is 1. The molecule has 0 aliphatic rings. The molecule has 0 radical (unpaired) electrons. The normalized spacial score (nSPS) is 11.6. The van der Waals surface area contributed by atoms with Crippen LogP contribution >= 0.6 is 0 Å². The molecule has 0 unspecified atom stereocenters. The van der Waals surface area contributed by atoms with Gasteiger partial charge in [0.05, 0.1) is 14.2 Å². The first-order valence-corrected chi connectivity index (χ1v) is 9.68. The highest BCUT2D eigenvalue weighted by Gasteiger charge is 2.41. The molecular weight excluding hydrogens is 402 g/mol. The van der Waals surface area contributed by atoms with Gasteiger partial charge in [0.15, 0.2) is 0 Å². The molecule has 1 N–H and O–H groups in total. The van der Waals surface area contributed by atoms with Gasteiger partial charge >= 0.3 is 11.9 Å². The molecule has 0 aliphatic heterocycles. The summed E-state index contributed by atoms with van der Waals surface area (Å²) in [5.41, 5.74) is -1.35. The second kappa shape index (κ2) is 8.79. The van der Waals surface area contributed by atoms with E-state index >= 15 is 0 Å². The molecule has 0 saturated carbocycles. The number of anilines is 2. The van der Waals surface area contributed by atoms with E-state index in [9.17, 15) is 14.4 Å². The van der Waals surface area contributed by atoms with E-state index in [1.165, 1.54) is 31.5 Å². The highest BCUT2D eigenvalue weighted by atomic mass is 16.5. The summed E-state index contributed by atoms with van der Waals surface area (Å²) in [5.74, 6) is -2.18. The number of aromatic nitrogens is 1. The van der Waals surface area contributed by atoms with Crippen molar-refractivity contribution >= 4 is 29.6 Å². The van der Waals surface area contributed by atoms with E-state index in [1.807, 2.05) is 20.8 Å². The highest BCUT2D eigenvalue weighted by Crippen LogP contribution is 2.40. The van der Waals surface area contributed by atoms with Crippen LogP contribution in [0, 0.1) is 0 Å². The number of hydrogen-bond acceptors (Lipinski definition) is 8. The average molecular weight is 431 g/mol. The molecule has 0 fully saturated rings. The number of hydrogen-bond donors (Lipinski definition) is 1. The molecule has 0 bridgehead atoms. The molecule has 2 heterocycles. The Bertz CT molecular complexity index is 968. The van der Waals surface area contributed by atoms with Crippen LogP contribution in [0.25, 0.3) is 0 Å². The highest BCUT2D eigenvalue weighted by molar-refractivity contribution is 6.14. The fraction of sp³-hybridized carbons (Fsp3) is 0.455. The molecule has 0 atom stereocenters. The maximum absolute atomic E-state index is 13.4. The molecule has 0 saturated heterocycles. The Morgan fingerprint density at radius 2 is 1.45 bits per heavy atom. The van der Waals surface area contributed by atoms with Crippen molar-refractivity contribution in [3.05, 3.63) is 41.2 Å². The number of pyridine rings is 1. The van der Waals surface area contributed by atoms with E-state index in [4.69, 9.17) is 13.9 Å². The predicted molar refractivity (Wildman–Crippen MR) is 116 cm³/mol. The van der Waals surface area contributed by atoms with Gasteiger partial charge in [0.2, 0.25) is 11.8 Å².